The van der Waals surface area contributed by atoms with E-state index in [4.69, 9.17) is 9.84 Å². The molecule has 1 heterocycles. The van der Waals surface area contributed by atoms with Gasteiger partial charge in [0.15, 0.2) is 0 Å². The lowest BCUT2D eigenvalue weighted by molar-refractivity contribution is -0.0484. The van der Waals surface area contributed by atoms with E-state index in [1.807, 2.05) is 19.1 Å². The molecule has 2 rings (SSSR count). The fraction of sp³-hybridized carbons (Fsp3) is 0.538. The van der Waals surface area contributed by atoms with Gasteiger partial charge in [0, 0.05) is 13.0 Å². The third kappa shape index (κ3) is 3.17. The second-order valence-corrected chi connectivity index (χ2v) is 4.70. The quantitative estimate of drug-likeness (QED) is 0.840. The third-order valence-electron chi connectivity index (χ3n) is 2.94. The highest BCUT2D eigenvalue weighted by atomic mass is 19.3. The molecule has 1 aliphatic heterocycles. The Bertz CT molecular complexity index is 423. The minimum atomic E-state index is -3.07. The number of nitrogens with one attached hydrogen (secondary N) is 1. The highest BCUT2D eigenvalue weighted by molar-refractivity contribution is 5.40. The fourth-order valence-electron chi connectivity index (χ4n) is 2.04. The van der Waals surface area contributed by atoms with E-state index in [9.17, 15) is 8.78 Å². The molecule has 0 aromatic heterocycles. The molecule has 2 N–H and O–H groups in total. The van der Waals surface area contributed by atoms with Crippen molar-refractivity contribution in [1.29, 1.82) is 0 Å². The zero-order valence-electron chi connectivity index (χ0n) is 10.2. The lowest BCUT2D eigenvalue weighted by atomic mass is 10.1. The maximum atomic E-state index is 12.8. The average Bonchev–Trinajstić information content (AvgIpc) is 2.70. The molecule has 1 unspecified atom stereocenters. The first-order chi connectivity index (χ1) is 8.50. The summed E-state index contributed by atoms with van der Waals surface area (Å²) in [7, 11) is 0. The maximum absolute atomic E-state index is 12.8. The summed E-state index contributed by atoms with van der Waals surface area (Å²) in [5.74, 6) is -2.23. The van der Waals surface area contributed by atoms with E-state index < -0.39 is 19.1 Å². The lowest BCUT2D eigenvalue weighted by Gasteiger charge is -2.16. The van der Waals surface area contributed by atoms with Crippen molar-refractivity contribution in [1.82, 2.24) is 5.32 Å². The normalized spacial score (nSPS) is 18.6. The van der Waals surface area contributed by atoms with Crippen LogP contribution in [0.15, 0.2) is 18.2 Å². The van der Waals surface area contributed by atoms with Crippen molar-refractivity contribution in [3.8, 4) is 5.75 Å². The summed E-state index contributed by atoms with van der Waals surface area (Å²) in [6.07, 6.45) is 0.616. The van der Waals surface area contributed by atoms with Gasteiger partial charge < -0.3 is 15.2 Å². The van der Waals surface area contributed by atoms with Crippen molar-refractivity contribution in [3.05, 3.63) is 29.3 Å². The monoisotopic (exact) mass is 257 g/mol. The van der Waals surface area contributed by atoms with Gasteiger partial charge in [-0.3, -0.25) is 0 Å². The SMILES string of the molecule is Cc1ccc2c(c1)CC(CNCC(F)(F)CO)O2. The lowest BCUT2D eigenvalue weighted by Crippen LogP contribution is -2.40. The number of alkyl halides is 2. The van der Waals surface area contributed by atoms with Crippen LogP contribution in [0.1, 0.15) is 11.1 Å². The first-order valence-electron chi connectivity index (χ1n) is 5.96. The Labute approximate surface area is 105 Å². The summed E-state index contributed by atoms with van der Waals surface area (Å²) in [5, 5.41) is 11.1. The standard InChI is InChI=1S/C13H17F2NO2/c1-9-2-3-12-10(4-9)5-11(18-12)6-16-7-13(14,15)8-17/h2-4,11,16-17H,5-8H2,1H3. The van der Waals surface area contributed by atoms with Crippen LogP contribution >= 0.6 is 0 Å². The molecule has 0 radical (unpaired) electrons. The van der Waals surface area contributed by atoms with Gasteiger partial charge in [-0.25, -0.2) is 8.78 Å². The number of hydrogen-bond donors (Lipinski definition) is 2. The van der Waals surface area contributed by atoms with Gasteiger partial charge >= 0.3 is 0 Å². The number of benzene rings is 1. The number of fused-ring (bicyclic) bond motifs is 1. The predicted molar refractivity (Wildman–Crippen MR) is 64.2 cm³/mol. The third-order valence-corrected chi connectivity index (χ3v) is 2.94. The number of aryl methyl sites for hydroxylation is 1. The van der Waals surface area contributed by atoms with Crippen LogP contribution in [-0.4, -0.2) is 36.8 Å². The summed E-state index contributed by atoms with van der Waals surface area (Å²) in [6.45, 7) is 0.695. The van der Waals surface area contributed by atoms with Gasteiger partial charge in [0.25, 0.3) is 5.92 Å². The van der Waals surface area contributed by atoms with Crippen LogP contribution in [0.4, 0.5) is 8.78 Å². The molecule has 0 bridgehead atoms. The van der Waals surface area contributed by atoms with Crippen LogP contribution in [-0.2, 0) is 6.42 Å². The van der Waals surface area contributed by atoms with E-state index in [-0.39, 0.29) is 6.10 Å². The second kappa shape index (κ2) is 5.20. The second-order valence-electron chi connectivity index (χ2n) is 4.70. The van der Waals surface area contributed by atoms with Gasteiger partial charge in [-0.2, -0.15) is 0 Å². The number of aliphatic hydroxyl groups excluding tert-OH is 1. The summed E-state index contributed by atoms with van der Waals surface area (Å²) in [6, 6.07) is 5.93. The van der Waals surface area contributed by atoms with Gasteiger partial charge in [0.2, 0.25) is 0 Å². The molecule has 1 aromatic carbocycles. The van der Waals surface area contributed by atoms with Crippen molar-refractivity contribution in [3.63, 3.8) is 0 Å². The molecule has 0 amide bonds. The van der Waals surface area contributed by atoms with E-state index in [1.54, 1.807) is 0 Å². The summed E-state index contributed by atoms with van der Waals surface area (Å²) < 4.78 is 31.2. The van der Waals surface area contributed by atoms with Crippen molar-refractivity contribution >= 4 is 0 Å². The van der Waals surface area contributed by atoms with Crippen LogP contribution in [0.25, 0.3) is 0 Å². The molecule has 0 aliphatic carbocycles. The molecule has 100 valence electrons. The van der Waals surface area contributed by atoms with Gasteiger partial charge in [-0.15, -0.1) is 0 Å². The van der Waals surface area contributed by atoms with Crippen LogP contribution in [0.3, 0.4) is 0 Å². The van der Waals surface area contributed by atoms with E-state index in [2.05, 4.69) is 11.4 Å². The first-order valence-corrected chi connectivity index (χ1v) is 5.96. The largest absolute Gasteiger partial charge is 0.488 e. The molecule has 1 atom stereocenters. The molecular formula is C13H17F2NO2. The fourth-order valence-corrected chi connectivity index (χ4v) is 2.04. The molecule has 3 nitrogen and oxygen atoms in total. The van der Waals surface area contributed by atoms with E-state index in [0.717, 1.165) is 23.3 Å². The van der Waals surface area contributed by atoms with Crippen molar-refractivity contribution in [2.75, 3.05) is 19.7 Å². The topological polar surface area (TPSA) is 41.5 Å². The highest BCUT2D eigenvalue weighted by Crippen LogP contribution is 2.29. The predicted octanol–water partition coefficient (Wildman–Crippen LogP) is 1.52. The van der Waals surface area contributed by atoms with E-state index >= 15 is 0 Å². The van der Waals surface area contributed by atoms with Crippen LogP contribution < -0.4 is 10.1 Å². The summed E-state index contributed by atoms with van der Waals surface area (Å²) in [5.41, 5.74) is 2.29. The first kappa shape index (κ1) is 13.2. The Morgan fingerprint density at radius 1 is 1.50 bits per heavy atom. The smallest absolute Gasteiger partial charge is 0.282 e. The molecule has 1 aromatic rings. The van der Waals surface area contributed by atoms with Gasteiger partial charge in [-0.05, 0) is 18.6 Å². The molecule has 0 saturated carbocycles. The number of ether oxygens (including phenoxy) is 1. The molecule has 0 spiro atoms. The van der Waals surface area contributed by atoms with Crippen LogP contribution in [0, 0.1) is 6.92 Å². The Morgan fingerprint density at radius 2 is 2.28 bits per heavy atom. The molecule has 0 fully saturated rings. The van der Waals surface area contributed by atoms with Crippen LogP contribution in [0.5, 0.6) is 5.75 Å². The number of aliphatic hydroxyl groups is 1. The van der Waals surface area contributed by atoms with Crippen LogP contribution in [0.2, 0.25) is 0 Å². The summed E-state index contributed by atoms with van der Waals surface area (Å²) >= 11 is 0. The Balaban J connectivity index is 1.81. The number of hydrogen-bond acceptors (Lipinski definition) is 3. The van der Waals surface area contributed by atoms with Crippen molar-refractivity contribution in [2.24, 2.45) is 0 Å². The van der Waals surface area contributed by atoms with E-state index in [1.165, 1.54) is 0 Å². The minimum absolute atomic E-state index is 0.115. The Morgan fingerprint density at radius 3 is 3.00 bits per heavy atom. The molecule has 1 aliphatic rings. The van der Waals surface area contributed by atoms with Crippen molar-refractivity contribution in [2.45, 2.75) is 25.4 Å². The maximum Gasteiger partial charge on any atom is 0.282 e. The van der Waals surface area contributed by atoms with Gasteiger partial charge in [0.05, 0.1) is 6.54 Å². The zero-order valence-corrected chi connectivity index (χ0v) is 10.2. The zero-order chi connectivity index (χ0) is 13.2. The minimum Gasteiger partial charge on any atom is -0.488 e. The molecule has 18 heavy (non-hydrogen) atoms. The van der Waals surface area contributed by atoms with E-state index in [0.29, 0.717) is 6.54 Å². The van der Waals surface area contributed by atoms with Gasteiger partial charge in [0.1, 0.15) is 18.5 Å². The molecular weight excluding hydrogens is 240 g/mol. The number of rotatable bonds is 5. The van der Waals surface area contributed by atoms with Crippen molar-refractivity contribution < 1.29 is 18.6 Å². The average molecular weight is 257 g/mol. The highest BCUT2D eigenvalue weighted by Gasteiger charge is 2.28. The Hall–Kier alpha value is -1.20. The van der Waals surface area contributed by atoms with Gasteiger partial charge in [-0.1, -0.05) is 17.7 Å². The number of halogens is 2. The molecule has 0 saturated heterocycles. The molecule has 5 heteroatoms. The Kier molecular flexibility index (Phi) is 3.82. The summed E-state index contributed by atoms with van der Waals surface area (Å²) in [4.78, 5) is 0.